The minimum absolute atomic E-state index is 0.485. The number of nitrogens with one attached hydrogen (secondary N) is 1. The molecule has 5 rings (SSSR count). The number of fused-ring (bicyclic) bond motifs is 3. The van der Waals surface area contributed by atoms with Gasteiger partial charge in [-0.25, -0.2) is 0 Å². The highest BCUT2D eigenvalue weighted by Crippen LogP contribution is 2.44. The van der Waals surface area contributed by atoms with Crippen LogP contribution in [-0.2, 0) is 0 Å². The molecule has 0 saturated heterocycles. The van der Waals surface area contributed by atoms with E-state index in [0.717, 1.165) is 12.1 Å². The number of aryl methyl sites for hydroxylation is 1. The summed E-state index contributed by atoms with van der Waals surface area (Å²) in [5, 5.41) is 6.93. The topological polar surface area (TPSA) is 41.8 Å². The molecule has 3 aromatic rings. The number of benzene rings is 1. The standard InChI is InChI=1S/C19H16N2S2/c1-10-13-8-17-12(3-5-22-17)7-16(13)21-19(10)14-9-18-11(2-4-23-18)6-15(14)20/h2-5,7-9,11,21H,6,20H2,1H3. The summed E-state index contributed by atoms with van der Waals surface area (Å²) in [5.41, 5.74) is 12.2. The average molecular weight is 336 g/mol. The maximum absolute atomic E-state index is 6.41. The molecule has 1 aromatic carbocycles. The summed E-state index contributed by atoms with van der Waals surface area (Å²) in [6.45, 7) is 2.19. The van der Waals surface area contributed by atoms with Crippen LogP contribution in [0.15, 0.2) is 51.7 Å². The largest absolute Gasteiger partial charge is 0.401 e. The van der Waals surface area contributed by atoms with Crippen molar-refractivity contribution >= 4 is 49.7 Å². The highest BCUT2D eigenvalue weighted by atomic mass is 32.2. The summed E-state index contributed by atoms with van der Waals surface area (Å²) in [4.78, 5) is 5.03. The molecule has 0 fully saturated rings. The molecular weight excluding hydrogens is 320 g/mol. The number of aromatic nitrogens is 1. The number of hydrogen-bond acceptors (Lipinski definition) is 3. The molecule has 1 aliphatic carbocycles. The zero-order chi connectivity index (χ0) is 15.6. The lowest BCUT2D eigenvalue weighted by Crippen LogP contribution is -2.12. The number of aromatic amines is 1. The van der Waals surface area contributed by atoms with Crippen molar-refractivity contribution in [2.75, 3.05) is 0 Å². The van der Waals surface area contributed by atoms with E-state index >= 15 is 0 Å². The maximum Gasteiger partial charge on any atom is 0.0512 e. The second kappa shape index (κ2) is 4.79. The quantitative estimate of drug-likeness (QED) is 0.614. The van der Waals surface area contributed by atoms with Crippen molar-refractivity contribution in [3.8, 4) is 0 Å². The van der Waals surface area contributed by atoms with Crippen LogP contribution in [0.1, 0.15) is 17.7 Å². The van der Waals surface area contributed by atoms with Crippen LogP contribution in [0, 0.1) is 12.8 Å². The molecule has 0 saturated carbocycles. The highest BCUT2D eigenvalue weighted by Gasteiger charge is 2.25. The lowest BCUT2D eigenvalue weighted by molar-refractivity contribution is 0.773. The highest BCUT2D eigenvalue weighted by molar-refractivity contribution is 8.06. The van der Waals surface area contributed by atoms with Crippen LogP contribution in [0.2, 0.25) is 0 Å². The predicted octanol–water partition coefficient (Wildman–Crippen LogP) is 5.53. The lowest BCUT2D eigenvalue weighted by atomic mass is 9.91. The minimum Gasteiger partial charge on any atom is -0.401 e. The van der Waals surface area contributed by atoms with Gasteiger partial charge < -0.3 is 10.7 Å². The zero-order valence-corrected chi connectivity index (χ0v) is 14.4. The summed E-state index contributed by atoms with van der Waals surface area (Å²) in [6.07, 6.45) is 5.45. The number of hydrogen-bond donors (Lipinski definition) is 2. The molecule has 0 radical (unpaired) electrons. The van der Waals surface area contributed by atoms with Crippen LogP contribution < -0.4 is 5.73 Å². The van der Waals surface area contributed by atoms with Gasteiger partial charge in [-0.1, -0.05) is 6.08 Å². The predicted molar refractivity (Wildman–Crippen MR) is 102 cm³/mol. The van der Waals surface area contributed by atoms with Gasteiger partial charge in [0.1, 0.15) is 0 Å². The number of thiophene rings is 1. The van der Waals surface area contributed by atoms with Crippen molar-refractivity contribution in [2.45, 2.75) is 13.3 Å². The van der Waals surface area contributed by atoms with E-state index in [9.17, 15) is 0 Å². The third kappa shape index (κ3) is 1.95. The molecule has 4 heteroatoms. The first-order chi connectivity index (χ1) is 11.2. The van der Waals surface area contributed by atoms with Gasteiger partial charge in [0.05, 0.1) is 5.69 Å². The van der Waals surface area contributed by atoms with E-state index in [1.165, 1.54) is 42.7 Å². The molecule has 2 nitrogen and oxygen atoms in total. The SMILES string of the molecule is Cc1c(C2=C(N)CC3C=CSC3=C2)[nH]c2cc3ccsc3cc12. The first-order valence-corrected chi connectivity index (χ1v) is 9.50. The number of thioether (sulfide) groups is 1. The van der Waals surface area contributed by atoms with Crippen LogP contribution in [-0.4, -0.2) is 4.98 Å². The Morgan fingerprint density at radius 2 is 2.22 bits per heavy atom. The van der Waals surface area contributed by atoms with Gasteiger partial charge in [0.25, 0.3) is 0 Å². The molecule has 0 bridgehead atoms. The number of H-pyrrole nitrogens is 1. The molecule has 1 atom stereocenters. The Morgan fingerprint density at radius 3 is 3.13 bits per heavy atom. The zero-order valence-electron chi connectivity index (χ0n) is 12.7. The fraction of sp³-hybridized carbons (Fsp3) is 0.158. The molecule has 1 aliphatic heterocycles. The van der Waals surface area contributed by atoms with E-state index in [1.54, 1.807) is 11.3 Å². The molecule has 2 aliphatic rings. The number of allylic oxidation sites excluding steroid dienone is 5. The van der Waals surface area contributed by atoms with E-state index in [0.29, 0.717) is 5.92 Å². The Balaban J connectivity index is 1.72. The summed E-state index contributed by atoms with van der Waals surface area (Å²) in [6, 6.07) is 6.72. The molecule has 2 aromatic heterocycles. The molecule has 0 spiro atoms. The van der Waals surface area contributed by atoms with Gasteiger partial charge >= 0.3 is 0 Å². The van der Waals surface area contributed by atoms with Crippen LogP contribution in [0.3, 0.4) is 0 Å². The van der Waals surface area contributed by atoms with Crippen molar-refractivity contribution in [3.05, 3.63) is 63.0 Å². The van der Waals surface area contributed by atoms with Gasteiger partial charge in [-0.2, -0.15) is 0 Å². The Kier molecular flexibility index (Phi) is 2.82. The maximum atomic E-state index is 6.41. The molecule has 3 heterocycles. The van der Waals surface area contributed by atoms with E-state index in [-0.39, 0.29) is 0 Å². The average Bonchev–Trinajstić information content (AvgIpc) is 3.23. The Bertz CT molecular complexity index is 1050. The summed E-state index contributed by atoms with van der Waals surface area (Å²) >= 11 is 3.62. The first kappa shape index (κ1) is 13.5. The molecular formula is C19H16N2S2. The third-order valence-corrected chi connectivity index (χ3v) is 6.72. The van der Waals surface area contributed by atoms with Crippen molar-refractivity contribution in [2.24, 2.45) is 11.7 Å². The van der Waals surface area contributed by atoms with Crippen molar-refractivity contribution in [1.82, 2.24) is 4.98 Å². The first-order valence-electron chi connectivity index (χ1n) is 7.74. The minimum atomic E-state index is 0.485. The Morgan fingerprint density at radius 1 is 1.30 bits per heavy atom. The van der Waals surface area contributed by atoms with Gasteiger partial charge in [-0.05, 0) is 64.3 Å². The van der Waals surface area contributed by atoms with Gasteiger partial charge in [0.15, 0.2) is 0 Å². The summed E-state index contributed by atoms with van der Waals surface area (Å²) in [5.74, 6) is 0.485. The third-order valence-electron chi connectivity index (χ3n) is 4.85. The van der Waals surface area contributed by atoms with Crippen LogP contribution in [0.4, 0.5) is 0 Å². The second-order valence-corrected chi connectivity index (χ2v) is 8.15. The fourth-order valence-electron chi connectivity index (χ4n) is 3.57. The van der Waals surface area contributed by atoms with Gasteiger partial charge in [-0.3, -0.25) is 0 Å². The Hall–Kier alpha value is -1.91. The van der Waals surface area contributed by atoms with Gasteiger partial charge in [-0.15, -0.1) is 23.1 Å². The monoisotopic (exact) mass is 336 g/mol. The second-order valence-electron chi connectivity index (χ2n) is 6.22. The van der Waals surface area contributed by atoms with Crippen molar-refractivity contribution in [1.29, 1.82) is 0 Å². The number of nitrogens with two attached hydrogens (primary N) is 1. The van der Waals surface area contributed by atoms with Gasteiger partial charge in [0, 0.05) is 32.8 Å². The lowest BCUT2D eigenvalue weighted by Gasteiger charge is -2.20. The number of rotatable bonds is 1. The normalized spacial score (nSPS) is 20.6. The summed E-state index contributed by atoms with van der Waals surface area (Å²) < 4.78 is 1.34. The smallest absolute Gasteiger partial charge is 0.0512 e. The van der Waals surface area contributed by atoms with Crippen LogP contribution in [0.25, 0.3) is 26.6 Å². The van der Waals surface area contributed by atoms with E-state index in [2.05, 4.69) is 53.0 Å². The van der Waals surface area contributed by atoms with Crippen LogP contribution >= 0.6 is 23.1 Å². The van der Waals surface area contributed by atoms with E-state index < -0.39 is 0 Å². The fourth-order valence-corrected chi connectivity index (χ4v) is 5.33. The van der Waals surface area contributed by atoms with Crippen LogP contribution in [0.5, 0.6) is 0 Å². The summed E-state index contributed by atoms with van der Waals surface area (Å²) in [7, 11) is 0. The van der Waals surface area contributed by atoms with E-state index in [4.69, 9.17) is 5.73 Å². The van der Waals surface area contributed by atoms with Crippen molar-refractivity contribution < 1.29 is 0 Å². The van der Waals surface area contributed by atoms with Gasteiger partial charge in [0.2, 0.25) is 0 Å². The molecule has 3 N–H and O–H groups in total. The molecule has 114 valence electrons. The molecule has 1 unspecified atom stereocenters. The molecule has 0 amide bonds. The molecule has 23 heavy (non-hydrogen) atoms. The van der Waals surface area contributed by atoms with E-state index in [1.807, 2.05) is 11.8 Å². The van der Waals surface area contributed by atoms with Crippen molar-refractivity contribution in [3.63, 3.8) is 0 Å². The Labute approximate surface area is 142 Å².